The zero-order valence-corrected chi connectivity index (χ0v) is 11.9. The summed E-state index contributed by atoms with van der Waals surface area (Å²) in [7, 11) is 0. The Labute approximate surface area is 117 Å². The van der Waals surface area contributed by atoms with E-state index in [4.69, 9.17) is 11.6 Å². The molecule has 96 valence electrons. The fourth-order valence-electron chi connectivity index (χ4n) is 2.78. The van der Waals surface area contributed by atoms with E-state index in [0.29, 0.717) is 5.38 Å². The number of fused-ring (bicyclic) bond motifs is 1. The van der Waals surface area contributed by atoms with Gasteiger partial charge in [0.25, 0.3) is 0 Å². The number of halogens is 1. The minimum Gasteiger partial charge on any atom is -0.312 e. The largest absolute Gasteiger partial charge is 0.312 e. The number of nitrogens with one attached hydrogen (secondary N) is 1. The maximum atomic E-state index is 6.14. The lowest BCUT2D eigenvalue weighted by atomic mass is 10.1. The van der Waals surface area contributed by atoms with Crippen LogP contribution in [0.4, 0.5) is 0 Å². The van der Waals surface area contributed by atoms with Crippen molar-refractivity contribution in [3.8, 4) is 0 Å². The molecular formula is C15H18ClNS. The first-order chi connectivity index (χ1) is 8.83. The van der Waals surface area contributed by atoms with Gasteiger partial charge in [0.1, 0.15) is 0 Å². The number of hydrogen-bond acceptors (Lipinski definition) is 2. The summed E-state index contributed by atoms with van der Waals surface area (Å²) in [6.07, 6.45) is 3.65. The third-order valence-electron chi connectivity index (χ3n) is 3.79. The molecule has 3 rings (SSSR count). The van der Waals surface area contributed by atoms with Gasteiger partial charge in [-0.3, -0.25) is 0 Å². The van der Waals surface area contributed by atoms with Crippen LogP contribution in [-0.2, 0) is 6.54 Å². The van der Waals surface area contributed by atoms with Crippen LogP contribution >= 0.6 is 22.9 Å². The van der Waals surface area contributed by atoms with Crippen LogP contribution in [-0.4, -0.2) is 11.9 Å². The van der Waals surface area contributed by atoms with Gasteiger partial charge in [-0.25, -0.2) is 0 Å². The Morgan fingerprint density at radius 3 is 3.00 bits per heavy atom. The molecule has 0 saturated heterocycles. The zero-order valence-electron chi connectivity index (χ0n) is 10.4. The van der Waals surface area contributed by atoms with E-state index >= 15 is 0 Å². The van der Waals surface area contributed by atoms with Gasteiger partial charge in [0.05, 0.1) is 0 Å². The van der Waals surface area contributed by atoms with Crippen LogP contribution in [0.3, 0.4) is 0 Å². The van der Waals surface area contributed by atoms with E-state index in [1.807, 2.05) is 11.3 Å². The fraction of sp³-hybridized carbons (Fsp3) is 0.467. The van der Waals surface area contributed by atoms with Crippen molar-refractivity contribution in [3.05, 3.63) is 35.2 Å². The second kappa shape index (κ2) is 5.60. The van der Waals surface area contributed by atoms with Gasteiger partial charge in [-0.1, -0.05) is 18.2 Å². The average Bonchev–Trinajstić information content (AvgIpc) is 2.97. The minimum absolute atomic E-state index is 0.416. The van der Waals surface area contributed by atoms with Crippen LogP contribution in [0.5, 0.6) is 0 Å². The molecule has 0 bridgehead atoms. The Morgan fingerprint density at radius 1 is 1.28 bits per heavy atom. The number of hydrogen-bond donors (Lipinski definition) is 1. The van der Waals surface area contributed by atoms with Crippen molar-refractivity contribution in [2.24, 2.45) is 5.92 Å². The van der Waals surface area contributed by atoms with Crippen molar-refractivity contribution in [1.82, 2.24) is 5.32 Å². The van der Waals surface area contributed by atoms with Crippen LogP contribution < -0.4 is 5.32 Å². The summed E-state index contributed by atoms with van der Waals surface area (Å²) >= 11 is 7.97. The Hall–Kier alpha value is -0.570. The van der Waals surface area contributed by atoms with Crippen molar-refractivity contribution in [2.75, 3.05) is 6.54 Å². The second-order valence-electron chi connectivity index (χ2n) is 5.16. The molecule has 0 aliphatic heterocycles. The highest BCUT2D eigenvalue weighted by Crippen LogP contribution is 2.29. The molecule has 2 aromatic rings. The first kappa shape index (κ1) is 12.5. The van der Waals surface area contributed by atoms with Crippen LogP contribution in [0, 0.1) is 5.92 Å². The molecule has 1 heterocycles. The van der Waals surface area contributed by atoms with Gasteiger partial charge in [-0.2, -0.15) is 0 Å². The maximum absolute atomic E-state index is 6.14. The molecular weight excluding hydrogens is 262 g/mol. The molecule has 2 atom stereocenters. The normalized spacial score (nSPS) is 23.8. The monoisotopic (exact) mass is 279 g/mol. The van der Waals surface area contributed by atoms with Crippen molar-refractivity contribution >= 4 is 33.0 Å². The number of benzene rings is 1. The third kappa shape index (κ3) is 2.71. The van der Waals surface area contributed by atoms with E-state index in [1.54, 1.807) is 0 Å². The predicted molar refractivity (Wildman–Crippen MR) is 80.5 cm³/mol. The minimum atomic E-state index is 0.416. The summed E-state index contributed by atoms with van der Waals surface area (Å²) in [5.41, 5.74) is 1.43. The molecule has 0 spiro atoms. The number of alkyl halides is 1. The molecule has 2 unspecified atom stereocenters. The lowest BCUT2D eigenvalue weighted by Gasteiger charge is -2.10. The van der Waals surface area contributed by atoms with E-state index in [0.717, 1.165) is 19.0 Å². The van der Waals surface area contributed by atoms with Gasteiger partial charge in [0.15, 0.2) is 0 Å². The van der Waals surface area contributed by atoms with E-state index in [-0.39, 0.29) is 0 Å². The molecule has 1 aliphatic carbocycles. The average molecular weight is 280 g/mol. The standard InChI is InChI=1S/C15H18ClNS/c16-13-6-5-11(7-13)8-17-9-12-10-18-15-4-2-1-3-14(12)15/h1-4,10-11,13,17H,5-9H2. The van der Waals surface area contributed by atoms with E-state index < -0.39 is 0 Å². The first-order valence-electron chi connectivity index (χ1n) is 6.63. The fourth-order valence-corrected chi connectivity index (χ4v) is 4.12. The second-order valence-corrected chi connectivity index (χ2v) is 6.69. The SMILES string of the molecule is ClC1CCC(CNCc2csc3ccccc23)C1. The topological polar surface area (TPSA) is 12.0 Å². The Bertz CT molecular complexity index is 522. The van der Waals surface area contributed by atoms with Gasteiger partial charge in [-0.05, 0) is 54.1 Å². The molecule has 1 N–H and O–H groups in total. The van der Waals surface area contributed by atoms with E-state index in [2.05, 4.69) is 35.0 Å². The molecule has 1 aromatic heterocycles. The third-order valence-corrected chi connectivity index (χ3v) is 5.20. The van der Waals surface area contributed by atoms with Gasteiger partial charge in [0, 0.05) is 16.6 Å². The van der Waals surface area contributed by atoms with Crippen molar-refractivity contribution in [1.29, 1.82) is 0 Å². The smallest absolute Gasteiger partial charge is 0.0346 e. The molecule has 1 aliphatic rings. The zero-order chi connectivity index (χ0) is 12.4. The highest BCUT2D eigenvalue weighted by molar-refractivity contribution is 7.17. The Morgan fingerprint density at radius 2 is 2.17 bits per heavy atom. The van der Waals surface area contributed by atoms with Crippen LogP contribution in [0.25, 0.3) is 10.1 Å². The maximum Gasteiger partial charge on any atom is 0.0346 e. The van der Waals surface area contributed by atoms with Gasteiger partial charge >= 0.3 is 0 Å². The summed E-state index contributed by atoms with van der Waals surface area (Å²) in [6, 6.07) is 8.63. The molecule has 3 heteroatoms. The van der Waals surface area contributed by atoms with Gasteiger partial charge < -0.3 is 5.32 Å². The molecule has 1 saturated carbocycles. The van der Waals surface area contributed by atoms with Crippen LogP contribution in [0.1, 0.15) is 24.8 Å². The van der Waals surface area contributed by atoms with Gasteiger partial charge in [0.2, 0.25) is 0 Å². The quantitative estimate of drug-likeness (QED) is 0.818. The van der Waals surface area contributed by atoms with Crippen LogP contribution in [0.15, 0.2) is 29.6 Å². The number of thiophene rings is 1. The van der Waals surface area contributed by atoms with Crippen molar-refractivity contribution in [2.45, 2.75) is 31.2 Å². The summed E-state index contributed by atoms with van der Waals surface area (Å²) < 4.78 is 1.39. The lowest BCUT2D eigenvalue weighted by molar-refractivity contribution is 0.490. The summed E-state index contributed by atoms with van der Waals surface area (Å²) in [4.78, 5) is 0. The summed E-state index contributed by atoms with van der Waals surface area (Å²) in [5.74, 6) is 0.775. The molecule has 18 heavy (non-hydrogen) atoms. The number of rotatable bonds is 4. The van der Waals surface area contributed by atoms with Crippen LogP contribution in [0.2, 0.25) is 0 Å². The first-order valence-corrected chi connectivity index (χ1v) is 7.94. The Balaban J connectivity index is 1.57. The highest BCUT2D eigenvalue weighted by atomic mass is 35.5. The molecule has 0 radical (unpaired) electrons. The summed E-state index contributed by atoms with van der Waals surface area (Å²) in [5, 5.41) is 7.68. The Kier molecular flexibility index (Phi) is 3.88. The van der Waals surface area contributed by atoms with E-state index in [9.17, 15) is 0 Å². The molecule has 1 fully saturated rings. The van der Waals surface area contributed by atoms with E-state index in [1.165, 1.54) is 34.9 Å². The lowest BCUT2D eigenvalue weighted by Crippen LogP contribution is -2.20. The molecule has 0 amide bonds. The van der Waals surface area contributed by atoms with Crippen molar-refractivity contribution in [3.63, 3.8) is 0 Å². The molecule has 1 aromatic carbocycles. The van der Waals surface area contributed by atoms with Gasteiger partial charge in [-0.15, -0.1) is 22.9 Å². The molecule has 1 nitrogen and oxygen atoms in total. The summed E-state index contributed by atoms with van der Waals surface area (Å²) in [6.45, 7) is 2.08. The highest BCUT2D eigenvalue weighted by Gasteiger charge is 2.22. The predicted octanol–water partition coefficient (Wildman–Crippen LogP) is 4.40. The van der Waals surface area contributed by atoms with Crippen molar-refractivity contribution < 1.29 is 0 Å².